The summed E-state index contributed by atoms with van der Waals surface area (Å²) in [6, 6.07) is 15.0. The molecule has 2 aromatic carbocycles. The van der Waals surface area contributed by atoms with Crippen molar-refractivity contribution in [1.82, 2.24) is 4.31 Å². The van der Waals surface area contributed by atoms with Crippen molar-refractivity contribution < 1.29 is 13.2 Å². The Labute approximate surface area is 159 Å². The molecule has 5 nitrogen and oxygen atoms in total. The second-order valence-electron chi connectivity index (χ2n) is 6.34. The number of nitrogens with zero attached hydrogens (tertiary/aromatic N) is 1. The number of hydrogen-bond donors (Lipinski definition) is 1. The minimum atomic E-state index is -3.65. The fraction of sp³-hybridized carbons (Fsp3) is 0.316. The maximum absolute atomic E-state index is 13.0. The van der Waals surface area contributed by atoms with Gasteiger partial charge in [0.25, 0.3) is 0 Å². The van der Waals surface area contributed by atoms with Crippen LogP contribution in [-0.2, 0) is 14.8 Å². The van der Waals surface area contributed by atoms with E-state index in [9.17, 15) is 13.2 Å². The molecule has 2 aromatic rings. The first kappa shape index (κ1) is 18.9. The van der Waals surface area contributed by atoms with E-state index in [1.54, 1.807) is 24.3 Å². The topological polar surface area (TPSA) is 66.5 Å². The van der Waals surface area contributed by atoms with Crippen LogP contribution in [0, 0.1) is 0 Å². The highest BCUT2D eigenvalue weighted by atomic mass is 35.5. The van der Waals surface area contributed by atoms with Crippen LogP contribution in [0.15, 0.2) is 59.5 Å². The number of nitrogens with one attached hydrogen (secondary N) is 1. The van der Waals surface area contributed by atoms with E-state index in [4.69, 9.17) is 11.6 Å². The molecule has 3 rings (SSSR count). The van der Waals surface area contributed by atoms with Crippen molar-refractivity contribution in [2.24, 2.45) is 0 Å². The number of halogens is 1. The van der Waals surface area contributed by atoms with E-state index in [1.165, 1.54) is 16.4 Å². The number of benzene rings is 2. The number of para-hydroxylation sites is 1. The zero-order valence-corrected chi connectivity index (χ0v) is 15.8. The Hall–Kier alpha value is -1.89. The molecular formula is C19H21ClN2O3S. The summed E-state index contributed by atoms with van der Waals surface area (Å²) < 4.78 is 27.5. The smallest absolute Gasteiger partial charge is 0.243 e. The highest BCUT2D eigenvalue weighted by Gasteiger charge is 2.34. The normalized spacial score (nSPS) is 18.4. The number of amides is 1. The standard InChI is InChI=1S/C19H21ClN2O3S/c20-15-9-11-18(12-10-15)26(24,25)22-13-5-4-8-17(22)14-19(23)21-16-6-2-1-3-7-16/h1-3,6-7,9-12,17H,4-5,8,13-14H2,(H,21,23). The summed E-state index contributed by atoms with van der Waals surface area (Å²) in [7, 11) is -3.65. The highest BCUT2D eigenvalue weighted by Crippen LogP contribution is 2.28. The number of piperidine rings is 1. The fourth-order valence-electron chi connectivity index (χ4n) is 3.18. The van der Waals surface area contributed by atoms with Crippen molar-refractivity contribution in [1.29, 1.82) is 0 Å². The highest BCUT2D eigenvalue weighted by molar-refractivity contribution is 7.89. The third-order valence-electron chi connectivity index (χ3n) is 4.47. The molecule has 1 amide bonds. The Balaban J connectivity index is 1.75. The van der Waals surface area contributed by atoms with Gasteiger partial charge in [-0.25, -0.2) is 8.42 Å². The summed E-state index contributed by atoms with van der Waals surface area (Å²) in [5.74, 6) is -0.181. The zero-order valence-electron chi connectivity index (χ0n) is 14.3. The molecule has 0 bridgehead atoms. The monoisotopic (exact) mass is 392 g/mol. The molecule has 1 unspecified atom stereocenters. The van der Waals surface area contributed by atoms with Gasteiger partial charge in [-0.2, -0.15) is 4.31 Å². The first-order valence-corrected chi connectivity index (χ1v) is 10.4. The van der Waals surface area contributed by atoms with E-state index in [2.05, 4.69) is 5.32 Å². The quantitative estimate of drug-likeness (QED) is 0.838. The van der Waals surface area contributed by atoms with Crippen molar-refractivity contribution in [2.75, 3.05) is 11.9 Å². The second kappa shape index (κ2) is 8.20. The number of carbonyl (C=O) groups excluding carboxylic acids is 1. The van der Waals surface area contributed by atoms with Crippen molar-refractivity contribution in [2.45, 2.75) is 36.6 Å². The molecular weight excluding hydrogens is 372 g/mol. The first-order valence-electron chi connectivity index (χ1n) is 8.59. The van der Waals surface area contributed by atoms with Gasteiger partial charge in [-0.15, -0.1) is 0 Å². The molecule has 1 atom stereocenters. The van der Waals surface area contributed by atoms with Crippen LogP contribution in [0.1, 0.15) is 25.7 Å². The van der Waals surface area contributed by atoms with Crippen molar-refractivity contribution in [3.63, 3.8) is 0 Å². The number of rotatable bonds is 5. The summed E-state index contributed by atoms with van der Waals surface area (Å²) >= 11 is 5.86. The van der Waals surface area contributed by atoms with Crippen LogP contribution in [0.4, 0.5) is 5.69 Å². The van der Waals surface area contributed by atoms with Gasteiger partial charge in [0.2, 0.25) is 15.9 Å². The Morgan fingerprint density at radius 3 is 2.46 bits per heavy atom. The lowest BCUT2D eigenvalue weighted by Crippen LogP contribution is -2.45. The van der Waals surface area contributed by atoms with Crippen LogP contribution >= 0.6 is 11.6 Å². The molecule has 1 N–H and O–H groups in total. The van der Waals surface area contributed by atoms with Gasteiger partial charge in [0.15, 0.2) is 0 Å². The van der Waals surface area contributed by atoms with Crippen LogP contribution < -0.4 is 5.32 Å². The van der Waals surface area contributed by atoms with Gasteiger partial charge < -0.3 is 5.32 Å². The van der Waals surface area contributed by atoms with E-state index in [1.807, 2.05) is 18.2 Å². The van der Waals surface area contributed by atoms with Crippen molar-refractivity contribution in [3.05, 3.63) is 59.6 Å². The summed E-state index contributed by atoms with van der Waals surface area (Å²) in [4.78, 5) is 12.6. The van der Waals surface area contributed by atoms with Crippen LogP contribution in [0.5, 0.6) is 0 Å². The fourth-order valence-corrected chi connectivity index (χ4v) is 5.00. The minimum absolute atomic E-state index is 0.141. The third kappa shape index (κ3) is 4.44. The predicted octanol–water partition coefficient (Wildman–Crippen LogP) is 3.91. The second-order valence-corrected chi connectivity index (χ2v) is 8.66. The summed E-state index contributed by atoms with van der Waals surface area (Å²) in [5, 5.41) is 3.32. The molecule has 1 fully saturated rings. The molecule has 1 aliphatic heterocycles. The predicted molar refractivity (Wildman–Crippen MR) is 103 cm³/mol. The molecule has 0 aromatic heterocycles. The number of carbonyl (C=O) groups is 1. The Kier molecular flexibility index (Phi) is 5.96. The lowest BCUT2D eigenvalue weighted by atomic mass is 10.0. The largest absolute Gasteiger partial charge is 0.326 e. The van der Waals surface area contributed by atoms with Gasteiger partial charge in [0.05, 0.1) is 4.90 Å². The molecule has 0 aliphatic carbocycles. The van der Waals surface area contributed by atoms with Gasteiger partial charge in [-0.3, -0.25) is 4.79 Å². The van der Waals surface area contributed by atoms with Gasteiger partial charge in [0.1, 0.15) is 0 Å². The molecule has 26 heavy (non-hydrogen) atoms. The van der Waals surface area contributed by atoms with Gasteiger partial charge in [0, 0.05) is 29.7 Å². The summed E-state index contributed by atoms with van der Waals surface area (Å²) in [5.41, 5.74) is 0.709. The van der Waals surface area contributed by atoms with Gasteiger partial charge >= 0.3 is 0 Å². The van der Waals surface area contributed by atoms with Crippen LogP contribution in [0.3, 0.4) is 0 Å². The maximum Gasteiger partial charge on any atom is 0.243 e. The summed E-state index contributed by atoms with van der Waals surface area (Å²) in [6.07, 6.45) is 2.52. The molecule has 0 radical (unpaired) electrons. The average molecular weight is 393 g/mol. The van der Waals surface area contributed by atoms with E-state index in [0.29, 0.717) is 23.7 Å². The molecule has 7 heteroatoms. The molecule has 1 saturated heterocycles. The lowest BCUT2D eigenvalue weighted by Gasteiger charge is -2.34. The molecule has 1 aliphatic rings. The zero-order chi connectivity index (χ0) is 18.6. The van der Waals surface area contributed by atoms with Crippen LogP contribution in [0.25, 0.3) is 0 Å². The Morgan fingerprint density at radius 1 is 1.08 bits per heavy atom. The van der Waals surface area contributed by atoms with E-state index in [0.717, 1.165) is 12.8 Å². The molecule has 138 valence electrons. The first-order chi connectivity index (χ1) is 12.5. The molecule has 1 heterocycles. The minimum Gasteiger partial charge on any atom is -0.326 e. The van der Waals surface area contributed by atoms with E-state index >= 15 is 0 Å². The average Bonchev–Trinajstić information content (AvgIpc) is 2.63. The van der Waals surface area contributed by atoms with Gasteiger partial charge in [-0.1, -0.05) is 36.2 Å². The molecule has 0 spiro atoms. The van der Waals surface area contributed by atoms with E-state index in [-0.39, 0.29) is 23.3 Å². The Morgan fingerprint density at radius 2 is 1.77 bits per heavy atom. The lowest BCUT2D eigenvalue weighted by molar-refractivity contribution is -0.117. The van der Waals surface area contributed by atoms with Gasteiger partial charge in [-0.05, 0) is 49.2 Å². The third-order valence-corrected chi connectivity index (χ3v) is 6.69. The van der Waals surface area contributed by atoms with Crippen LogP contribution in [-0.4, -0.2) is 31.2 Å². The number of anilines is 1. The Bertz CT molecular complexity index is 854. The number of hydrogen-bond acceptors (Lipinski definition) is 3. The number of sulfonamides is 1. The van der Waals surface area contributed by atoms with Crippen molar-refractivity contribution in [3.8, 4) is 0 Å². The summed E-state index contributed by atoms with van der Waals surface area (Å²) in [6.45, 7) is 0.425. The van der Waals surface area contributed by atoms with Crippen molar-refractivity contribution >= 4 is 33.2 Å². The maximum atomic E-state index is 13.0. The molecule has 0 saturated carbocycles. The SMILES string of the molecule is O=C(CC1CCCCN1S(=O)(=O)c1ccc(Cl)cc1)Nc1ccccc1. The van der Waals surface area contributed by atoms with Crippen LogP contribution in [0.2, 0.25) is 5.02 Å². The van der Waals surface area contributed by atoms with E-state index < -0.39 is 10.0 Å².